The molecule has 88 valence electrons. The Morgan fingerprint density at radius 3 is 2.53 bits per heavy atom. The van der Waals surface area contributed by atoms with Gasteiger partial charge >= 0.3 is 0 Å². The molecular formula is C13H25NO. The summed E-state index contributed by atoms with van der Waals surface area (Å²) in [5.74, 6) is 1.77. The zero-order chi connectivity index (χ0) is 11.7. The summed E-state index contributed by atoms with van der Waals surface area (Å²) in [6.45, 7) is 9.45. The van der Waals surface area contributed by atoms with E-state index in [4.69, 9.17) is 4.74 Å². The summed E-state index contributed by atoms with van der Waals surface area (Å²) in [7, 11) is 1.79. The van der Waals surface area contributed by atoms with Crippen molar-refractivity contribution in [2.24, 2.45) is 10.9 Å². The molecule has 15 heavy (non-hydrogen) atoms. The molecule has 0 saturated heterocycles. The predicted octanol–water partition coefficient (Wildman–Crippen LogP) is 3.82. The van der Waals surface area contributed by atoms with Gasteiger partial charge in [-0.2, -0.15) is 0 Å². The van der Waals surface area contributed by atoms with Crippen molar-refractivity contribution in [3.05, 3.63) is 11.3 Å². The maximum Gasteiger partial charge on any atom is 0.0975 e. The molecule has 2 heteroatoms. The summed E-state index contributed by atoms with van der Waals surface area (Å²) >= 11 is 0. The molecule has 0 amide bonds. The van der Waals surface area contributed by atoms with Crippen LogP contribution in [0.1, 0.15) is 47.0 Å². The Balaban J connectivity index is 4.03. The van der Waals surface area contributed by atoms with E-state index in [9.17, 15) is 0 Å². The van der Waals surface area contributed by atoms with E-state index in [0.717, 1.165) is 31.1 Å². The fourth-order valence-electron chi connectivity index (χ4n) is 1.30. The summed E-state index contributed by atoms with van der Waals surface area (Å²) in [5, 5.41) is 0. The van der Waals surface area contributed by atoms with Crippen LogP contribution in [0.4, 0.5) is 0 Å². The number of allylic oxidation sites excluding steroid dienone is 2. The molecule has 0 bridgehead atoms. The predicted molar refractivity (Wildman–Crippen MR) is 67.4 cm³/mol. The Bertz CT molecular complexity index is 219. The lowest BCUT2D eigenvalue weighted by atomic mass is 10.1. The van der Waals surface area contributed by atoms with Gasteiger partial charge < -0.3 is 4.74 Å². The molecule has 0 aromatic heterocycles. The molecule has 1 unspecified atom stereocenters. The highest BCUT2D eigenvalue weighted by atomic mass is 16.5. The van der Waals surface area contributed by atoms with Crippen molar-refractivity contribution in [1.82, 2.24) is 0 Å². The van der Waals surface area contributed by atoms with Crippen LogP contribution in [0.25, 0.3) is 0 Å². The van der Waals surface area contributed by atoms with Gasteiger partial charge in [0.05, 0.1) is 12.4 Å². The first-order valence-electron chi connectivity index (χ1n) is 5.90. The van der Waals surface area contributed by atoms with E-state index in [0.29, 0.717) is 0 Å². The average molecular weight is 211 g/mol. The average Bonchev–Trinajstić information content (AvgIpc) is 2.25. The van der Waals surface area contributed by atoms with Crippen molar-refractivity contribution in [2.45, 2.75) is 47.0 Å². The number of hydrogen-bond donors (Lipinski definition) is 0. The quantitative estimate of drug-likeness (QED) is 0.463. The number of aliphatic imine (C=N–C) groups is 1. The van der Waals surface area contributed by atoms with Gasteiger partial charge in [0.2, 0.25) is 0 Å². The van der Waals surface area contributed by atoms with Crippen LogP contribution in [0.2, 0.25) is 0 Å². The lowest BCUT2D eigenvalue weighted by Crippen LogP contribution is -2.02. The zero-order valence-corrected chi connectivity index (χ0v) is 10.8. The van der Waals surface area contributed by atoms with Crippen LogP contribution in [-0.2, 0) is 4.74 Å². The van der Waals surface area contributed by atoms with Gasteiger partial charge in [0.25, 0.3) is 0 Å². The Kier molecular flexibility index (Phi) is 8.06. The molecule has 0 aliphatic carbocycles. The van der Waals surface area contributed by atoms with Crippen LogP contribution >= 0.6 is 0 Å². The van der Waals surface area contributed by atoms with Crippen molar-refractivity contribution in [2.75, 3.05) is 13.7 Å². The van der Waals surface area contributed by atoms with Gasteiger partial charge in [-0.3, -0.25) is 4.99 Å². The molecular weight excluding hydrogens is 186 g/mol. The molecule has 0 heterocycles. The van der Waals surface area contributed by atoms with Crippen molar-refractivity contribution in [3.8, 4) is 0 Å². The summed E-state index contributed by atoms with van der Waals surface area (Å²) in [5.41, 5.74) is 1.20. The normalized spacial score (nSPS) is 15.3. The molecule has 0 saturated carbocycles. The minimum Gasteiger partial charge on any atom is -0.498 e. The monoisotopic (exact) mass is 211 g/mol. The van der Waals surface area contributed by atoms with Crippen LogP contribution < -0.4 is 0 Å². The fraction of sp³-hybridized carbons (Fsp3) is 0.769. The fourth-order valence-corrected chi connectivity index (χ4v) is 1.30. The lowest BCUT2D eigenvalue weighted by Gasteiger charge is -2.12. The van der Waals surface area contributed by atoms with Crippen molar-refractivity contribution < 1.29 is 4.74 Å². The SMILES string of the molecule is CC/C(C=NC)=C(/C)OCCC(C)CC. The van der Waals surface area contributed by atoms with E-state index >= 15 is 0 Å². The van der Waals surface area contributed by atoms with Crippen LogP contribution in [0.3, 0.4) is 0 Å². The van der Waals surface area contributed by atoms with Crippen LogP contribution in [0.5, 0.6) is 0 Å². The molecule has 0 N–H and O–H groups in total. The van der Waals surface area contributed by atoms with Gasteiger partial charge in [0.1, 0.15) is 0 Å². The lowest BCUT2D eigenvalue weighted by molar-refractivity contribution is 0.191. The van der Waals surface area contributed by atoms with Crippen molar-refractivity contribution >= 4 is 6.21 Å². The molecule has 0 radical (unpaired) electrons. The third-order valence-electron chi connectivity index (χ3n) is 2.74. The largest absolute Gasteiger partial charge is 0.498 e. The Hall–Kier alpha value is -0.790. The first kappa shape index (κ1) is 14.2. The molecule has 0 spiro atoms. The second-order valence-electron chi connectivity index (χ2n) is 3.97. The minimum atomic E-state index is 0.753. The highest BCUT2D eigenvalue weighted by molar-refractivity contribution is 5.78. The number of nitrogens with zero attached hydrogens (tertiary/aromatic N) is 1. The van der Waals surface area contributed by atoms with E-state index in [1.807, 2.05) is 13.1 Å². The summed E-state index contributed by atoms with van der Waals surface area (Å²) in [4.78, 5) is 4.02. The maximum atomic E-state index is 5.71. The highest BCUT2D eigenvalue weighted by Gasteiger charge is 2.01. The van der Waals surface area contributed by atoms with E-state index < -0.39 is 0 Å². The molecule has 0 fully saturated rings. The minimum absolute atomic E-state index is 0.753. The van der Waals surface area contributed by atoms with E-state index in [2.05, 4.69) is 25.8 Å². The Morgan fingerprint density at radius 2 is 2.07 bits per heavy atom. The third-order valence-corrected chi connectivity index (χ3v) is 2.74. The van der Waals surface area contributed by atoms with Crippen LogP contribution in [0.15, 0.2) is 16.3 Å². The molecule has 0 aromatic rings. The Morgan fingerprint density at radius 1 is 1.40 bits per heavy atom. The molecule has 0 aliphatic heterocycles. The van der Waals surface area contributed by atoms with Gasteiger partial charge in [-0.15, -0.1) is 0 Å². The molecule has 0 rings (SSSR count). The zero-order valence-electron chi connectivity index (χ0n) is 10.8. The van der Waals surface area contributed by atoms with Gasteiger partial charge in [-0.25, -0.2) is 0 Å². The number of ether oxygens (including phenoxy) is 1. The molecule has 2 nitrogen and oxygen atoms in total. The Labute approximate surface area is 94.4 Å². The van der Waals surface area contributed by atoms with Gasteiger partial charge in [0.15, 0.2) is 0 Å². The van der Waals surface area contributed by atoms with Crippen molar-refractivity contribution in [1.29, 1.82) is 0 Å². The first-order valence-corrected chi connectivity index (χ1v) is 5.90. The van der Waals surface area contributed by atoms with E-state index in [1.165, 1.54) is 12.0 Å². The van der Waals surface area contributed by atoms with Gasteiger partial charge in [0, 0.05) is 18.8 Å². The van der Waals surface area contributed by atoms with Gasteiger partial charge in [-0.1, -0.05) is 27.2 Å². The smallest absolute Gasteiger partial charge is 0.0975 e. The molecule has 0 aliphatic rings. The highest BCUT2D eigenvalue weighted by Crippen LogP contribution is 2.11. The summed E-state index contributed by atoms with van der Waals surface area (Å²) < 4.78 is 5.71. The number of rotatable bonds is 7. The summed E-state index contributed by atoms with van der Waals surface area (Å²) in [6.07, 6.45) is 5.22. The standard InChI is InChI=1S/C13H25NO/c1-6-11(3)8-9-15-12(4)13(7-2)10-14-5/h10-11H,6-9H2,1-5H3/b13-12+,14-10?. The van der Waals surface area contributed by atoms with Crippen LogP contribution in [-0.4, -0.2) is 19.9 Å². The van der Waals surface area contributed by atoms with Crippen LogP contribution in [0, 0.1) is 5.92 Å². The molecule has 0 aromatic carbocycles. The first-order chi connectivity index (χ1) is 7.15. The molecule has 1 atom stereocenters. The van der Waals surface area contributed by atoms with E-state index in [-0.39, 0.29) is 0 Å². The van der Waals surface area contributed by atoms with E-state index in [1.54, 1.807) is 7.05 Å². The van der Waals surface area contributed by atoms with Gasteiger partial charge in [-0.05, 0) is 25.7 Å². The maximum absolute atomic E-state index is 5.71. The second kappa shape index (κ2) is 8.51. The topological polar surface area (TPSA) is 21.6 Å². The number of hydrogen-bond acceptors (Lipinski definition) is 2. The van der Waals surface area contributed by atoms with Crippen molar-refractivity contribution in [3.63, 3.8) is 0 Å². The third kappa shape index (κ3) is 6.32. The summed E-state index contributed by atoms with van der Waals surface area (Å²) in [6, 6.07) is 0. The second-order valence-corrected chi connectivity index (χ2v) is 3.97.